The maximum Gasteiger partial charge on any atom is 0.226 e. The normalized spacial score (nSPS) is 10.8. The summed E-state index contributed by atoms with van der Waals surface area (Å²) in [5.74, 6) is -1.38. The van der Waals surface area contributed by atoms with Crippen molar-refractivity contribution in [2.45, 2.75) is 33.1 Å². The van der Waals surface area contributed by atoms with E-state index in [-0.39, 0.29) is 30.2 Å². The molecule has 3 aromatic rings. The van der Waals surface area contributed by atoms with Gasteiger partial charge in [0.25, 0.3) is 0 Å². The molecule has 32 heavy (non-hydrogen) atoms. The SMILES string of the molecule is CCC(=O)N(C)c1ccc(-c2ccc(C(=O)CCc3ccc(F)nc3C)cc2Cl)cc1F. The average Bonchev–Trinajstić information content (AvgIpc) is 2.77. The summed E-state index contributed by atoms with van der Waals surface area (Å²) in [5, 5.41) is 0.320. The van der Waals surface area contributed by atoms with E-state index in [1.165, 1.54) is 30.1 Å². The molecule has 2 aromatic carbocycles. The van der Waals surface area contributed by atoms with E-state index in [1.54, 1.807) is 44.2 Å². The molecule has 0 saturated carbocycles. The summed E-state index contributed by atoms with van der Waals surface area (Å²) in [6.45, 7) is 3.42. The third-order valence-electron chi connectivity index (χ3n) is 5.37. The van der Waals surface area contributed by atoms with Crippen molar-refractivity contribution in [1.82, 2.24) is 4.98 Å². The maximum absolute atomic E-state index is 14.6. The van der Waals surface area contributed by atoms with Crippen molar-refractivity contribution in [2.75, 3.05) is 11.9 Å². The predicted octanol–water partition coefficient (Wildman–Crippen LogP) is 6.18. The quantitative estimate of drug-likeness (QED) is 0.315. The first-order valence-corrected chi connectivity index (χ1v) is 10.6. The van der Waals surface area contributed by atoms with E-state index in [9.17, 15) is 18.4 Å². The summed E-state index contributed by atoms with van der Waals surface area (Å²) in [6, 6.07) is 12.3. The second kappa shape index (κ2) is 10.0. The van der Waals surface area contributed by atoms with Crippen LogP contribution in [0.4, 0.5) is 14.5 Å². The van der Waals surface area contributed by atoms with E-state index in [1.807, 2.05) is 0 Å². The molecule has 0 bridgehead atoms. The number of hydrogen-bond donors (Lipinski definition) is 0. The number of halogens is 3. The van der Waals surface area contributed by atoms with Gasteiger partial charge >= 0.3 is 0 Å². The van der Waals surface area contributed by atoms with Gasteiger partial charge in [0.2, 0.25) is 11.9 Å². The van der Waals surface area contributed by atoms with Gasteiger partial charge in [-0.05, 0) is 48.7 Å². The average molecular weight is 457 g/mol. The van der Waals surface area contributed by atoms with Gasteiger partial charge < -0.3 is 4.90 Å². The molecule has 0 aliphatic heterocycles. The minimum Gasteiger partial charge on any atom is -0.313 e. The Hall–Kier alpha value is -3.12. The summed E-state index contributed by atoms with van der Waals surface area (Å²) in [6.07, 6.45) is 0.940. The Morgan fingerprint density at radius 1 is 1.06 bits per heavy atom. The number of carbonyl (C=O) groups is 2. The predicted molar refractivity (Wildman–Crippen MR) is 122 cm³/mol. The molecule has 4 nitrogen and oxygen atoms in total. The Kier molecular flexibility index (Phi) is 7.36. The second-order valence-corrected chi connectivity index (χ2v) is 7.88. The number of aryl methyl sites for hydroxylation is 2. The monoisotopic (exact) mass is 456 g/mol. The maximum atomic E-state index is 14.6. The number of Topliss-reactive ketones (excluding diaryl/α,β-unsaturated/α-hetero) is 1. The van der Waals surface area contributed by atoms with Crippen LogP contribution in [0.5, 0.6) is 0 Å². The molecule has 7 heteroatoms. The van der Waals surface area contributed by atoms with Crippen LogP contribution in [0.15, 0.2) is 48.5 Å². The summed E-state index contributed by atoms with van der Waals surface area (Å²) in [5.41, 5.74) is 3.12. The Morgan fingerprint density at radius 2 is 1.81 bits per heavy atom. The van der Waals surface area contributed by atoms with E-state index in [0.29, 0.717) is 33.8 Å². The second-order valence-electron chi connectivity index (χ2n) is 7.47. The molecular formula is C25H23ClF2N2O2. The first kappa shape index (κ1) is 23.5. The number of benzene rings is 2. The Labute approximate surface area is 190 Å². The minimum atomic E-state index is -0.548. The fourth-order valence-corrected chi connectivity index (χ4v) is 3.75. The molecular weight excluding hydrogens is 434 g/mol. The van der Waals surface area contributed by atoms with Crippen molar-refractivity contribution < 1.29 is 18.4 Å². The molecule has 0 aliphatic carbocycles. The first-order valence-electron chi connectivity index (χ1n) is 10.2. The van der Waals surface area contributed by atoms with Crippen LogP contribution in [0.25, 0.3) is 11.1 Å². The van der Waals surface area contributed by atoms with E-state index < -0.39 is 11.8 Å². The number of hydrogen-bond acceptors (Lipinski definition) is 3. The number of ketones is 1. The number of pyridine rings is 1. The number of amides is 1. The Bertz CT molecular complexity index is 1180. The van der Waals surface area contributed by atoms with Crippen molar-refractivity contribution in [3.63, 3.8) is 0 Å². The molecule has 0 saturated heterocycles. The van der Waals surface area contributed by atoms with Gasteiger partial charge in [0.05, 0.1) is 5.69 Å². The van der Waals surface area contributed by atoms with Crippen LogP contribution in [0.2, 0.25) is 5.02 Å². The van der Waals surface area contributed by atoms with Gasteiger partial charge in [-0.3, -0.25) is 9.59 Å². The third kappa shape index (κ3) is 5.19. The zero-order valence-electron chi connectivity index (χ0n) is 18.1. The highest BCUT2D eigenvalue weighted by Gasteiger charge is 2.16. The topological polar surface area (TPSA) is 50.3 Å². The smallest absolute Gasteiger partial charge is 0.226 e. The number of nitrogens with zero attached hydrogens (tertiary/aromatic N) is 2. The molecule has 0 fully saturated rings. The molecule has 166 valence electrons. The third-order valence-corrected chi connectivity index (χ3v) is 5.68. The highest BCUT2D eigenvalue weighted by molar-refractivity contribution is 6.33. The molecule has 0 spiro atoms. The van der Waals surface area contributed by atoms with Crippen molar-refractivity contribution in [2.24, 2.45) is 0 Å². The lowest BCUT2D eigenvalue weighted by molar-refractivity contribution is -0.118. The molecule has 1 heterocycles. The van der Waals surface area contributed by atoms with Crippen molar-refractivity contribution in [3.8, 4) is 11.1 Å². The van der Waals surface area contributed by atoms with Crippen LogP contribution < -0.4 is 4.90 Å². The van der Waals surface area contributed by atoms with Crippen molar-refractivity contribution in [1.29, 1.82) is 0 Å². The molecule has 0 atom stereocenters. The number of carbonyl (C=O) groups excluding carboxylic acids is 2. The highest BCUT2D eigenvalue weighted by atomic mass is 35.5. The van der Waals surface area contributed by atoms with Gasteiger partial charge in [-0.2, -0.15) is 4.39 Å². The lowest BCUT2D eigenvalue weighted by atomic mass is 9.98. The van der Waals surface area contributed by atoms with E-state index in [4.69, 9.17) is 11.6 Å². The molecule has 1 aromatic heterocycles. The first-order chi connectivity index (χ1) is 15.2. The molecule has 0 radical (unpaired) electrons. The summed E-state index contributed by atoms with van der Waals surface area (Å²) in [7, 11) is 1.53. The standard InChI is InChI=1S/C25H23ClF2N2O2/c1-4-25(32)30(3)22-10-6-17(14-21(22)27)19-9-5-18(13-20(19)26)23(31)11-7-16-8-12-24(28)29-15(16)2/h5-6,8-10,12-14H,4,7,11H2,1-3H3. The van der Waals surface area contributed by atoms with Crippen LogP contribution >= 0.6 is 11.6 Å². The largest absolute Gasteiger partial charge is 0.313 e. The summed E-state index contributed by atoms with van der Waals surface area (Å²) < 4.78 is 27.8. The molecule has 0 N–H and O–H groups in total. The van der Waals surface area contributed by atoms with Crippen LogP contribution in [0, 0.1) is 18.7 Å². The van der Waals surface area contributed by atoms with Gasteiger partial charge in [-0.15, -0.1) is 0 Å². The lowest BCUT2D eigenvalue weighted by Crippen LogP contribution is -2.25. The Morgan fingerprint density at radius 3 is 2.44 bits per heavy atom. The highest BCUT2D eigenvalue weighted by Crippen LogP contribution is 2.32. The fraction of sp³-hybridized carbons (Fsp3) is 0.240. The number of rotatable bonds is 7. The van der Waals surface area contributed by atoms with E-state index in [0.717, 1.165) is 5.56 Å². The van der Waals surface area contributed by atoms with Gasteiger partial charge in [0, 0.05) is 41.7 Å². The Balaban J connectivity index is 1.76. The van der Waals surface area contributed by atoms with Gasteiger partial charge in [0.15, 0.2) is 5.78 Å². The zero-order chi connectivity index (χ0) is 23.4. The van der Waals surface area contributed by atoms with Crippen molar-refractivity contribution in [3.05, 3.63) is 82.1 Å². The number of aromatic nitrogens is 1. The van der Waals surface area contributed by atoms with Crippen molar-refractivity contribution >= 4 is 29.0 Å². The van der Waals surface area contributed by atoms with Crippen LogP contribution in [0.1, 0.15) is 41.4 Å². The molecule has 0 aliphatic rings. The molecule has 1 amide bonds. The van der Waals surface area contributed by atoms with E-state index in [2.05, 4.69) is 4.98 Å². The summed E-state index contributed by atoms with van der Waals surface area (Å²) in [4.78, 5) is 29.5. The lowest BCUT2D eigenvalue weighted by Gasteiger charge is -2.18. The molecule has 0 unspecified atom stereocenters. The van der Waals surface area contributed by atoms with Gasteiger partial charge in [-0.25, -0.2) is 9.37 Å². The van der Waals surface area contributed by atoms with Gasteiger partial charge in [-0.1, -0.05) is 42.8 Å². The van der Waals surface area contributed by atoms with Crippen LogP contribution in [-0.2, 0) is 11.2 Å². The van der Waals surface area contributed by atoms with Gasteiger partial charge in [0.1, 0.15) is 5.82 Å². The van der Waals surface area contributed by atoms with Crippen LogP contribution in [0.3, 0.4) is 0 Å². The van der Waals surface area contributed by atoms with Crippen LogP contribution in [-0.4, -0.2) is 23.7 Å². The fourth-order valence-electron chi connectivity index (χ4n) is 3.46. The molecule has 3 rings (SSSR count). The number of anilines is 1. The van der Waals surface area contributed by atoms with E-state index >= 15 is 0 Å². The minimum absolute atomic E-state index is 0.108. The zero-order valence-corrected chi connectivity index (χ0v) is 18.8. The summed E-state index contributed by atoms with van der Waals surface area (Å²) >= 11 is 6.40.